The number of likely N-dealkylation sites (N-methyl/N-ethyl adjacent to an activating group) is 1. The summed E-state index contributed by atoms with van der Waals surface area (Å²) in [6, 6.07) is 3.70. The van der Waals surface area contributed by atoms with Gasteiger partial charge >= 0.3 is 6.09 Å². The molecule has 20 heavy (non-hydrogen) atoms. The fourth-order valence-electron chi connectivity index (χ4n) is 1.45. The van der Waals surface area contributed by atoms with Crippen molar-refractivity contribution in [3.8, 4) is 0 Å². The van der Waals surface area contributed by atoms with Gasteiger partial charge in [-0.15, -0.1) is 0 Å². The van der Waals surface area contributed by atoms with Gasteiger partial charge < -0.3 is 15.0 Å². The molecule has 0 fully saturated rings. The molecule has 1 rings (SSSR count). The summed E-state index contributed by atoms with van der Waals surface area (Å²) in [6.07, 6.45) is 2.78. The fourth-order valence-corrected chi connectivity index (χ4v) is 1.45. The summed E-state index contributed by atoms with van der Waals surface area (Å²) in [4.78, 5) is 28.8. The Morgan fingerprint density at radius 3 is 2.65 bits per heavy atom. The highest BCUT2D eigenvalue weighted by Crippen LogP contribution is 2.06. The van der Waals surface area contributed by atoms with Crippen LogP contribution in [0, 0.1) is 0 Å². The van der Waals surface area contributed by atoms with Crippen LogP contribution in [0.25, 0.3) is 0 Å². The van der Waals surface area contributed by atoms with Crippen LogP contribution in [-0.2, 0) is 16.1 Å². The van der Waals surface area contributed by atoms with Gasteiger partial charge in [-0.25, -0.2) is 4.79 Å². The van der Waals surface area contributed by atoms with Crippen LogP contribution in [0.2, 0.25) is 0 Å². The Labute approximate surface area is 119 Å². The lowest BCUT2D eigenvalue weighted by Gasteiger charge is -2.21. The van der Waals surface area contributed by atoms with Crippen LogP contribution in [0.15, 0.2) is 24.5 Å². The summed E-state index contributed by atoms with van der Waals surface area (Å²) in [6.45, 7) is 5.66. The van der Waals surface area contributed by atoms with E-state index in [0.29, 0.717) is 6.54 Å². The predicted molar refractivity (Wildman–Crippen MR) is 74.9 cm³/mol. The van der Waals surface area contributed by atoms with Crippen molar-refractivity contribution in [2.75, 3.05) is 13.6 Å². The van der Waals surface area contributed by atoms with Crippen molar-refractivity contribution in [3.63, 3.8) is 0 Å². The van der Waals surface area contributed by atoms with Gasteiger partial charge in [-0.2, -0.15) is 0 Å². The molecule has 6 nitrogen and oxygen atoms in total. The SMILES string of the molecule is CN(Cc1cccnc1)C(=O)CNC(=O)OC(C)(C)C. The van der Waals surface area contributed by atoms with E-state index in [1.54, 1.807) is 40.2 Å². The molecule has 0 atom stereocenters. The van der Waals surface area contributed by atoms with Gasteiger partial charge in [0.25, 0.3) is 0 Å². The molecule has 1 aromatic rings. The molecule has 0 bridgehead atoms. The molecule has 0 saturated heterocycles. The number of hydrogen-bond acceptors (Lipinski definition) is 4. The molecule has 0 radical (unpaired) electrons. The fraction of sp³-hybridized carbons (Fsp3) is 0.500. The molecule has 1 N–H and O–H groups in total. The molecule has 0 saturated carbocycles. The van der Waals surface area contributed by atoms with Crippen LogP contribution in [0.5, 0.6) is 0 Å². The van der Waals surface area contributed by atoms with E-state index in [2.05, 4.69) is 10.3 Å². The highest BCUT2D eigenvalue weighted by atomic mass is 16.6. The minimum atomic E-state index is -0.597. The molecule has 110 valence electrons. The van der Waals surface area contributed by atoms with Gasteiger partial charge in [0.1, 0.15) is 12.1 Å². The van der Waals surface area contributed by atoms with Crippen LogP contribution in [0.1, 0.15) is 26.3 Å². The van der Waals surface area contributed by atoms with Gasteiger partial charge in [0, 0.05) is 26.0 Å². The molecular formula is C14H21N3O3. The van der Waals surface area contributed by atoms with Crippen LogP contribution in [0.3, 0.4) is 0 Å². The van der Waals surface area contributed by atoms with Crippen molar-refractivity contribution in [2.24, 2.45) is 0 Å². The number of ether oxygens (including phenoxy) is 1. The summed E-state index contributed by atoms with van der Waals surface area (Å²) in [5.74, 6) is -0.195. The summed E-state index contributed by atoms with van der Waals surface area (Å²) in [5.41, 5.74) is 0.356. The second-order valence-electron chi connectivity index (χ2n) is 5.47. The Kier molecular flexibility index (Phi) is 5.49. The summed E-state index contributed by atoms with van der Waals surface area (Å²) < 4.78 is 5.06. The largest absolute Gasteiger partial charge is 0.444 e. The smallest absolute Gasteiger partial charge is 0.408 e. The molecule has 0 aliphatic rings. The van der Waals surface area contributed by atoms with E-state index in [-0.39, 0.29) is 12.5 Å². The molecule has 0 unspecified atom stereocenters. The zero-order valence-corrected chi connectivity index (χ0v) is 12.3. The van der Waals surface area contributed by atoms with Gasteiger partial charge in [-0.1, -0.05) is 6.07 Å². The summed E-state index contributed by atoms with van der Waals surface area (Å²) >= 11 is 0. The standard InChI is InChI=1S/C14H21N3O3/c1-14(2,3)20-13(19)16-9-12(18)17(4)10-11-6-5-7-15-8-11/h5-8H,9-10H2,1-4H3,(H,16,19). The first-order valence-electron chi connectivity index (χ1n) is 6.37. The number of hydrogen-bond donors (Lipinski definition) is 1. The van der Waals surface area contributed by atoms with Crippen molar-refractivity contribution in [2.45, 2.75) is 32.9 Å². The lowest BCUT2D eigenvalue weighted by Crippen LogP contribution is -2.40. The minimum absolute atomic E-state index is 0.0916. The molecule has 1 aromatic heterocycles. The number of pyridine rings is 1. The summed E-state index contributed by atoms with van der Waals surface area (Å²) in [5, 5.41) is 2.44. The zero-order chi connectivity index (χ0) is 15.2. The molecule has 2 amide bonds. The number of rotatable bonds is 4. The van der Waals surface area contributed by atoms with Crippen molar-refractivity contribution < 1.29 is 14.3 Å². The van der Waals surface area contributed by atoms with E-state index in [1.165, 1.54) is 4.90 Å². The normalized spacial score (nSPS) is 10.8. The lowest BCUT2D eigenvalue weighted by atomic mass is 10.2. The monoisotopic (exact) mass is 279 g/mol. The van der Waals surface area contributed by atoms with Crippen LogP contribution >= 0.6 is 0 Å². The minimum Gasteiger partial charge on any atom is -0.444 e. The molecule has 1 heterocycles. The van der Waals surface area contributed by atoms with E-state index in [9.17, 15) is 9.59 Å². The lowest BCUT2D eigenvalue weighted by molar-refractivity contribution is -0.129. The van der Waals surface area contributed by atoms with E-state index >= 15 is 0 Å². The van der Waals surface area contributed by atoms with Gasteiger partial charge in [-0.05, 0) is 32.4 Å². The van der Waals surface area contributed by atoms with E-state index in [1.807, 2.05) is 12.1 Å². The maximum absolute atomic E-state index is 11.9. The Balaban J connectivity index is 2.37. The van der Waals surface area contributed by atoms with E-state index in [4.69, 9.17) is 4.74 Å². The molecule has 0 aromatic carbocycles. The Hall–Kier alpha value is -2.11. The Morgan fingerprint density at radius 2 is 2.10 bits per heavy atom. The Bertz CT molecular complexity index is 454. The first-order valence-corrected chi connectivity index (χ1v) is 6.37. The maximum atomic E-state index is 11.9. The number of nitrogens with one attached hydrogen (secondary N) is 1. The van der Waals surface area contributed by atoms with Crippen molar-refractivity contribution in [1.29, 1.82) is 0 Å². The van der Waals surface area contributed by atoms with Gasteiger partial charge in [-0.3, -0.25) is 9.78 Å². The van der Waals surface area contributed by atoms with Crippen LogP contribution < -0.4 is 5.32 Å². The molecule has 0 aliphatic carbocycles. The van der Waals surface area contributed by atoms with E-state index in [0.717, 1.165) is 5.56 Å². The Morgan fingerprint density at radius 1 is 1.40 bits per heavy atom. The van der Waals surface area contributed by atoms with Crippen molar-refractivity contribution in [1.82, 2.24) is 15.2 Å². The third-order valence-corrected chi connectivity index (χ3v) is 2.35. The number of amides is 2. The molecule has 0 aliphatic heterocycles. The number of nitrogens with zero attached hydrogens (tertiary/aromatic N) is 2. The van der Waals surface area contributed by atoms with Gasteiger partial charge in [0.15, 0.2) is 0 Å². The first-order chi connectivity index (χ1) is 9.28. The number of aromatic nitrogens is 1. The van der Waals surface area contributed by atoms with Crippen LogP contribution in [-0.4, -0.2) is 41.1 Å². The second-order valence-corrected chi connectivity index (χ2v) is 5.47. The number of alkyl carbamates (subject to hydrolysis) is 1. The van der Waals surface area contributed by atoms with E-state index < -0.39 is 11.7 Å². The first kappa shape index (κ1) is 15.9. The van der Waals surface area contributed by atoms with Crippen LogP contribution in [0.4, 0.5) is 4.79 Å². The summed E-state index contributed by atoms with van der Waals surface area (Å²) in [7, 11) is 1.67. The van der Waals surface area contributed by atoms with Crippen molar-refractivity contribution >= 4 is 12.0 Å². The molecule has 0 spiro atoms. The maximum Gasteiger partial charge on any atom is 0.408 e. The quantitative estimate of drug-likeness (QED) is 0.908. The third kappa shape index (κ3) is 6.17. The zero-order valence-electron chi connectivity index (χ0n) is 12.3. The predicted octanol–water partition coefficient (Wildman–Crippen LogP) is 1.56. The number of carbonyl (C=O) groups is 2. The number of carbonyl (C=O) groups excluding carboxylic acids is 2. The molecular weight excluding hydrogens is 258 g/mol. The second kappa shape index (κ2) is 6.88. The van der Waals surface area contributed by atoms with Gasteiger partial charge in [0.2, 0.25) is 5.91 Å². The highest BCUT2D eigenvalue weighted by molar-refractivity contribution is 5.82. The third-order valence-electron chi connectivity index (χ3n) is 2.35. The topological polar surface area (TPSA) is 71.5 Å². The van der Waals surface area contributed by atoms with Crippen molar-refractivity contribution in [3.05, 3.63) is 30.1 Å². The average Bonchev–Trinajstić information content (AvgIpc) is 2.35. The molecule has 6 heteroatoms. The van der Waals surface area contributed by atoms with Gasteiger partial charge in [0.05, 0.1) is 0 Å². The average molecular weight is 279 g/mol. The highest BCUT2D eigenvalue weighted by Gasteiger charge is 2.17.